The Morgan fingerprint density at radius 2 is 0.507 bits per heavy atom. The Bertz CT molecular complexity index is 1850. The van der Waals surface area contributed by atoms with E-state index in [0.29, 0.717) is 19.3 Å². The van der Waals surface area contributed by atoms with Gasteiger partial charge in [-0.1, -0.05) is 228 Å². The van der Waals surface area contributed by atoms with Gasteiger partial charge >= 0.3 is 17.9 Å². The maximum atomic E-state index is 12.9. The molecule has 0 aliphatic rings. The number of esters is 3. The first kappa shape index (κ1) is 69.2. The van der Waals surface area contributed by atoms with Gasteiger partial charge in [0.15, 0.2) is 6.10 Å². The predicted octanol–water partition coefficient (Wildman–Crippen LogP) is 19.9. The summed E-state index contributed by atoms with van der Waals surface area (Å²) in [5, 5.41) is 0. The molecule has 0 N–H and O–H groups in total. The first-order chi connectivity index (χ1) is 37.0. The molecule has 0 spiro atoms. The van der Waals surface area contributed by atoms with Crippen LogP contribution in [0, 0.1) is 0 Å². The summed E-state index contributed by atoms with van der Waals surface area (Å²) in [7, 11) is 0. The van der Waals surface area contributed by atoms with E-state index in [-0.39, 0.29) is 44.0 Å². The smallest absolute Gasteiger partial charge is 0.306 e. The number of ether oxygens (including phenoxy) is 3. The Morgan fingerprint density at radius 1 is 0.267 bits per heavy atom. The summed E-state index contributed by atoms with van der Waals surface area (Å²) in [6.45, 7) is 6.14. The molecule has 0 amide bonds. The summed E-state index contributed by atoms with van der Waals surface area (Å²) in [5.41, 5.74) is 0. The molecule has 414 valence electrons. The minimum absolute atomic E-state index is 0.143. The molecule has 0 aromatic rings. The maximum absolute atomic E-state index is 12.9. The molecular formula is C69H102O6. The molecule has 0 heterocycles. The van der Waals surface area contributed by atoms with Crippen LogP contribution < -0.4 is 0 Å². The van der Waals surface area contributed by atoms with Gasteiger partial charge in [-0.3, -0.25) is 14.4 Å². The standard InChI is InChI=1S/C69H102O6/c1-4-7-10-13-16-19-22-25-27-29-31-33-34-36-37-39-41-44-47-50-53-56-59-62-68(71)74-65-66(64-73-67(70)61-58-55-52-49-46-43-24-21-18-15-12-9-6-3)75-69(72)63-60-57-54-51-48-45-42-40-38-35-32-30-28-26-23-20-17-14-11-8-5-2/h7-12,16-21,25-28,31-33,35-37,40-44,46,48,51-52,55,66H,4-6,13-15,22-24,29-30,34,38-39,45,47,49-50,53-54,56-65H2,1-3H3/b10-7-,11-8-,12-9-,19-16-,20-17-,21-18-,27-25-,28-26-,33-31-,35-32-,37-36-,42-40-,44-41-,46-43-,51-48-,55-52-. The molecule has 1 atom stereocenters. The molecule has 1 unspecified atom stereocenters. The lowest BCUT2D eigenvalue weighted by molar-refractivity contribution is -0.166. The van der Waals surface area contributed by atoms with Gasteiger partial charge in [-0.05, 0) is 148 Å². The van der Waals surface area contributed by atoms with Crippen LogP contribution in [0.2, 0.25) is 0 Å². The van der Waals surface area contributed by atoms with Gasteiger partial charge in [0.2, 0.25) is 0 Å². The Hall–Kier alpha value is -5.75. The van der Waals surface area contributed by atoms with E-state index in [1.807, 2.05) is 12.2 Å². The topological polar surface area (TPSA) is 78.9 Å². The van der Waals surface area contributed by atoms with E-state index in [2.05, 4.69) is 203 Å². The predicted molar refractivity (Wildman–Crippen MR) is 324 cm³/mol. The average Bonchev–Trinajstić information content (AvgIpc) is 3.41. The van der Waals surface area contributed by atoms with Gasteiger partial charge in [-0.15, -0.1) is 0 Å². The van der Waals surface area contributed by atoms with E-state index in [4.69, 9.17) is 14.2 Å². The summed E-state index contributed by atoms with van der Waals surface area (Å²) in [4.78, 5) is 38.1. The first-order valence-corrected chi connectivity index (χ1v) is 28.9. The molecule has 0 aliphatic heterocycles. The van der Waals surface area contributed by atoms with Crippen molar-refractivity contribution in [3.8, 4) is 0 Å². The van der Waals surface area contributed by atoms with Gasteiger partial charge in [0.05, 0.1) is 0 Å². The van der Waals surface area contributed by atoms with Crippen LogP contribution in [-0.4, -0.2) is 37.2 Å². The number of hydrogen-bond donors (Lipinski definition) is 0. The summed E-state index contributed by atoms with van der Waals surface area (Å²) in [6, 6.07) is 0. The molecule has 0 saturated heterocycles. The lowest BCUT2D eigenvalue weighted by atomic mass is 10.1. The molecule has 0 aromatic heterocycles. The molecule has 6 heteroatoms. The van der Waals surface area contributed by atoms with Crippen LogP contribution in [0.1, 0.15) is 201 Å². The summed E-state index contributed by atoms with van der Waals surface area (Å²) >= 11 is 0. The van der Waals surface area contributed by atoms with E-state index >= 15 is 0 Å². The zero-order valence-corrected chi connectivity index (χ0v) is 47.2. The van der Waals surface area contributed by atoms with Crippen molar-refractivity contribution in [1.29, 1.82) is 0 Å². The van der Waals surface area contributed by atoms with Gasteiger partial charge in [0, 0.05) is 19.3 Å². The Balaban J connectivity index is 4.60. The second-order valence-corrected chi connectivity index (χ2v) is 18.0. The highest BCUT2D eigenvalue weighted by molar-refractivity contribution is 5.71. The van der Waals surface area contributed by atoms with Crippen molar-refractivity contribution in [1.82, 2.24) is 0 Å². The van der Waals surface area contributed by atoms with Crippen LogP contribution in [0.3, 0.4) is 0 Å². The lowest BCUT2D eigenvalue weighted by Crippen LogP contribution is -2.30. The quantitative estimate of drug-likeness (QED) is 0.0261. The van der Waals surface area contributed by atoms with Gasteiger partial charge in [-0.2, -0.15) is 0 Å². The Labute approximate surface area is 458 Å². The minimum Gasteiger partial charge on any atom is -0.462 e. The number of carbonyl (C=O) groups excluding carboxylic acids is 3. The Morgan fingerprint density at radius 3 is 0.840 bits per heavy atom. The van der Waals surface area contributed by atoms with E-state index in [1.165, 1.54) is 0 Å². The van der Waals surface area contributed by atoms with E-state index < -0.39 is 6.10 Å². The van der Waals surface area contributed by atoms with Gasteiger partial charge in [0.1, 0.15) is 13.2 Å². The summed E-state index contributed by atoms with van der Waals surface area (Å²) < 4.78 is 16.7. The van der Waals surface area contributed by atoms with Crippen LogP contribution in [-0.2, 0) is 28.6 Å². The number of hydrogen-bond acceptors (Lipinski definition) is 6. The van der Waals surface area contributed by atoms with Crippen LogP contribution in [0.15, 0.2) is 194 Å². The number of allylic oxidation sites excluding steroid dienone is 32. The Kier molecular flexibility index (Phi) is 56.1. The summed E-state index contributed by atoms with van der Waals surface area (Å²) in [6.07, 6.45) is 92.9. The molecule has 0 bridgehead atoms. The zero-order valence-electron chi connectivity index (χ0n) is 47.2. The molecule has 0 rings (SSSR count). The average molecular weight is 1030 g/mol. The van der Waals surface area contributed by atoms with E-state index in [0.717, 1.165) is 148 Å². The van der Waals surface area contributed by atoms with Crippen LogP contribution in [0.4, 0.5) is 0 Å². The normalized spacial score (nSPS) is 13.6. The fourth-order valence-electron chi connectivity index (χ4n) is 6.87. The lowest BCUT2D eigenvalue weighted by Gasteiger charge is -2.18. The van der Waals surface area contributed by atoms with Crippen LogP contribution in [0.25, 0.3) is 0 Å². The molecule has 6 nitrogen and oxygen atoms in total. The molecule has 0 fully saturated rings. The number of rotatable bonds is 49. The fraction of sp³-hybridized carbons (Fsp3) is 0.493. The SMILES string of the molecule is CC/C=C\C/C=C\C/C=C\C/C=C\C/C=C\C/C=C\CCCCCCC(=O)OCC(COC(=O)CC/C=C\C/C=C\C/C=C\C/C=C\CC)OC(=O)CCCC/C=C\C/C=C\C/C=C\C/C=C\C/C=C\C/C=C\CC. The highest BCUT2D eigenvalue weighted by atomic mass is 16.6. The third-order valence-corrected chi connectivity index (χ3v) is 11.1. The van der Waals surface area contributed by atoms with Crippen molar-refractivity contribution in [2.24, 2.45) is 0 Å². The fourth-order valence-corrected chi connectivity index (χ4v) is 6.87. The van der Waals surface area contributed by atoms with E-state index in [9.17, 15) is 14.4 Å². The summed E-state index contributed by atoms with van der Waals surface area (Å²) in [5.74, 6) is -1.11. The molecule has 0 aromatic carbocycles. The highest BCUT2D eigenvalue weighted by Gasteiger charge is 2.19. The van der Waals surface area contributed by atoms with Gasteiger partial charge in [0.25, 0.3) is 0 Å². The molecule has 75 heavy (non-hydrogen) atoms. The number of carbonyl (C=O) groups is 3. The van der Waals surface area contributed by atoms with Crippen molar-refractivity contribution in [3.63, 3.8) is 0 Å². The van der Waals surface area contributed by atoms with E-state index in [1.54, 1.807) is 0 Å². The van der Waals surface area contributed by atoms with Gasteiger partial charge in [-0.25, -0.2) is 0 Å². The second kappa shape index (κ2) is 60.8. The molecule has 0 saturated carbocycles. The van der Waals surface area contributed by atoms with Crippen molar-refractivity contribution in [2.75, 3.05) is 13.2 Å². The minimum atomic E-state index is -0.854. The monoisotopic (exact) mass is 1030 g/mol. The molecule has 0 radical (unpaired) electrons. The third kappa shape index (κ3) is 59.0. The molecular weight excluding hydrogens is 925 g/mol. The van der Waals surface area contributed by atoms with Crippen molar-refractivity contribution >= 4 is 17.9 Å². The van der Waals surface area contributed by atoms with Crippen LogP contribution in [0.5, 0.6) is 0 Å². The molecule has 0 aliphatic carbocycles. The number of unbranched alkanes of at least 4 members (excludes halogenated alkanes) is 6. The third-order valence-electron chi connectivity index (χ3n) is 11.1. The van der Waals surface area contributed by atoms with Crippen molar-refractivity contribution < 1.29 is 28.6 Å². The zero-order chi connectivity index (χ0) is 54.3. The highest BCUT2D eigenvalue weighted by Crippen LogP contribution is 2.11. The van der Waals surface area contributed by atoms with Gasteiger partial charge < -0.3 is 14.2 Å². The largest absolute Gasteiger partial charge is 0.462 e. The van der Waals surface area contributed by atoms with Crippen LogP contribution >= 0.6 is 0 Å². The maximum Gasteiger partial charge on any atom is 0.306 e. The van der Waals surface area contributed by atoms with Crippen molar-refractivity contribution in [2.45, 2.75) is 207 Å². The first-order valence-electron chi connectivity index (χ1n) is 28.9. The second-order valence-electron chi connectivity index (χ2n) is 18.0. The van der Waals surface area contributed by atoms with Crippen molar-refractivity contribution in [3.05, 3.63) is 194 Å².